The molecule has 15 nitrogen and oxygen atoms in total. The van der Waals surface area contributed by atoms with Crippen LogP contribution in [0.4, 0.5) is 17.3 Å². The Morgan fingerprint density at radius 2 is 1.56 bits per heavy atom. The van der Waals surface area contributed by atoms with Crippen LogP contribution >= 0.6 is 0 Å². The number of hydrogen-bond donors (Lipinski definition) is 1. The molecule has 0 saturated carbocycles. The lowest BCUT2D eigenvalue weighted by Crippen LogP contribution is -2.41. The summed E-state index contributed by atoms with van der Waals surface area (Å²) in [6.07, 6.45) is 3.43. The van der Waals surface area contributed by atoms with Gasteiger partial charge >= 0.3 is 7.12 Å². The quantitative estimate of drug-likeness (QED) is 0.118. The van der Waals surface area contributed by atoms with Gasteiger partial charge in [-0.1, -0.05) is 24.2 Å². The number of anilines is 3. The average molecular weight is 804 g/mol. The van der Waals surface area contributed by atoms with Crippen LogP contribution in [0.5, 0.6) is 23.0 Å². The molecule has 7 rings (SSSR count). The van der Waals surface area contributed by atoms with E-state index in [4.69, 9.17) is 42.6 Å². The topological polar surface area (TPSA) is 158 Å². The van der Waals surface area contributed by atoms with E-state index in [1.54, 1.807) is 62.8 Å². The standard InChI is InChI=1S/C40H50BN5O10S/c1-10-27-21-35(46(43-27)36-13-11-12-18-53-36)42-30-23-31-29(22-32(30)50-7)38(44-54-31)45(24-25-14-16-28(49-6)17-15-25)57(47,48)37-33(51-8)19-26(20-34(37)52-9)41-55-39(2,3)40(4,5)56-41/h14-17,19-23,36,42H,10-13,18,24H2,1-9H3. The van der Waals surface area contributed by atoms with E-state index in [1.807, 2.05) is 45.4 Å². The van der Waals surface area contributed by atoms with Crippen LogP contribution in [0.3, 0.4) is 0 Å². The van der Waals surface area contributed by atoms with Gasteiger partial charge in [-0.3, -0.25) is 0 Å². The summed E-state index contributed by atoms with van der Waals surface area (Å²) in [4.78, 5) is -0.215. The summed E-state index contributed by atoms with van der Waals surface area (Å²) >= 11 is 0. The van der Waals surface area contributed by atoms with Crippen molar-refractivity contribution in [3.05, 3.63) is 65.9 Å². The normalized spacial score (nSPS) is 17.8. The SMILES string of the molecule is CCc1cc(Nc2cc3onc(N(Cc4ccc(OC)cc4)S(=O)(=O)c4c(OC)cc(B5OC(C)(C)C(C)(C)O5)cc4OC)c3cc2OC)n(C2CCCCO2)n1. The molecule has 2 aromatic heterocycles. The van der Waals surface area contributed by atoms with E-state index >= 15 is 8.42 Å². The molecule has 5 aromatic rings. The third-order valence-corrected chi connectivity index (χ3v) is 12.7. The molecule has 0 spiro atoms. The lowest BCUT2D eigenvalue weighted by Gasteiger charge is -2.32. The molecule has 2 saturated heterocycles. The maximum atomic E-state index is 15.2. The molecule has 2 aliphatic heterocycles. The summed E-state index contributed by atoms with van der Waals surface area (Å²) in [5.41, 5.74) is 1.70. The van der Waals surface area contributed by atoms with Crippen LogP contribution in [0.2, 0.25) is 0 Å². The molecule has 0 bridgehead atoms. The lowest BCUT2D eigenvalue weighted by atomic mass is 9.79. The van der Waals surface area contributed by atoms with Crippen molar-refractivity contribution in [2.75, 3.05) is 44.7 Å². The third-order valence-electron chi connectivity index (χ3n) is 10.9. The zero-order chi connectivity index (χ0) is 40.7. The van der Waals surface area contributed by atoms with Crippen LogP contribution in [0.15, 0.2) is 64.0 Å². The van der Waals surface area contributed by atoms with Crippen LogP contribution in [0.25, 0.3) is 11.0 Å². The van der Waals surface area contributed by atoms with Gasteiger partial charge in [0.25, 0.3) is 10.0 Å². The zero-order valence-corrected chi connectivity index (χ0v) is 34.7. The van der Waals surface area contributed by atoms with Gasteiger partial charge in [-0.05, 0) is 94.7 Å². The number of aryl methyl sites for hydroxylation is 1. The van der Waals surface area contributed by atoms with Gasteiger partial charge < -0.3 is 42.8 Å². The molecular weight excluding hydrogens is 753 g/mol. The van der Waals surface area contributed by atoms with E-state index in [1.165, 1.54) is 18.5 Å². The van der Waals surface area contributed by atoms with Gasteiger partial charge in [0.2, 0.25) is 0 Å². The highest BCUT2D eigenvalue weighted by Gasteiger charge is 2.52. The number of sulfonamides is 1. The number of nitrogens with zero attached hydrogens (tertiary/aromatic N) is 4. The number of nitrogens with one attached hydrogen (secondary N) is 1. The molecule has 1 atom stereocenters. The highest BCUT2D eigenvalue weighted by atomic mass is 32.2. The van der Waals surface area contributed by atoms with Crippen molar-refractivity contribution >= 4 is 50.9 Å². The molecule has 0 amide bonds. The number of hydrogen-bond acceptors (Lipinski definition) is 13. The zero-order valence-electron chi connectivity index (χ0n) is 33.9. The molecule has 0 radical (unpaired) electrons. The summed E-state index contributed by atoms with van der Waals surface area (Å²) in [6, 6.07) is 15.7. The molecule has 3 aromatic carbocycles. The van der Waals surface area contributed by atoms with Gasteiger partial charge in [0.15, 0.2) is 22.5 Å². The Morgan fingerprint density at radius 1 is 0.895 bits per heavy atom. The van der Waals surface area contributed by atoms with Crippen molar-refractivity contribution in [1.82, 2.24) is 14.9 Å². The monoisotopic (exact) mass is 803 g/mol. The van der Waals surface area contributed by atoms with Crippen LogP contribution in [0.1, 0.15) is 71.4 Å². The fourth-order valence-corrected chi connectivity index (χ4v) is 8.63. The molecule has 1 N–H and O–H groups in total. The second-order valence-electron chi connectivity index (χ2n) is 15.0. The minimum Gasteiger partial charge on any atom is -0.497 e. The Kier molecular flexibility index (Phi) is 11.1. The van der Waals surface area contributed by atoms with E-state index in [-0.39, 0.29) is 35.0 Å². The number of fused-ring (bicyclic) bond motifs is 1. The largest absolute Gasteiger partial charge is 0.497 e. The van der Waals surface area contributed by atoms with Crippen molar-refractivity contribution < 1.29 is 45.9 Å². The smallest absolute Gasteiger partial charge is 0.495 e. The number of methoxy groups -OCH3 is 4. The molecule has 304 valence electrons. The van der Waals surface area contributed by atoms with Crippen LogP contribution in [-0.2, 0) is 37.0 Å². The number of aromatic nitrogens is 3. The molecule has 1 unspecified atom stereocenters. The maximum Gasteiger partial charge on any atom is 0.495 e. The maximum absolute atomic E-state index is 15.2. The molecule has 17 heteroatoms. The molecule has 4 heterocycles. The fourth-order valence-electron chi connectivity index (χ4n) is 6.93. The number of benzene rings is 3. The van der Waals surface area contributed by atoms with Gasteiger partial charge in [-0.25, -0.2) is 17.4 Å². The van der Waals surface area contributed by atoms with Gasteiger partial charge in [0.05, 0.1) is 63.0 Å². The molecular formula is C40H50BN5O10S. The van der Waals surface area contributed by atoms with Crippen LogP contribution in [-0.4, -0.2) is 76.7 Å². The summed E-state index contributed by atoms with van der Waals surface area (Å²) in [7, 11) is 0.572. The van der Waals surface area contributed by atoms with E-state index in [9.17, 15) is 0 Å². The Morgan fingerprint density at radius 3 is 2.14 bits per heavy atom. The first-order valence-electron chi connectivity index (χ1n) is 18.9. The van der Waals surface area contributed by atoms with E-state index in [0.717, 1.165) is 37.2 Å². The first kappa shape index (κ1) is 40.2. The van der Waals surface area contributed by atoms with E-state index in [2.05, 4.69) is 10.5 Å². The summed E-state index contributed by atoms with van der Waals surface area (Å²) in [6.45, 7) is 10.3. The third kappa shape index (κ3) is 7.60. The van der Waals surface area contributed by atoms with Crippen molar-refractivity contribution in [3.8, 4) is 23.0 Å². The summed E-state index contributed by atoms with van der Waals surface area (Å²) in [5, 5.41) is 13.0. The minimum absolute atomic E-state index is 0.0266. The summed E-state index contributed by atoms with van der Waals surface area (Å²) < 4.78 is 80.8. The first-order chi connectivity index (χ1) is 27.2. The van der Waals surface area contributed by atoms with Gasteiger partial charge in [0.1, 0.15) is 28.8 Å². The van der Waals surface area contributed by atoms with E-state index in [0.29, 0.717) is 45.8 Å². The Bertz CT molecular complexity index is 2300. The van der Waals surface area contributed by atoms with Gasteiger partial charge in [-0.2, -0.15) is 5.10 Å². The molecule has 0 aliphatic carbocycles. The second-order valence-corrected chi connectivity index (χ2v) is 16.8. The first-order valence-corrected chi connectivity index (χ1v) is 20.4. The predicted octanol–water partition coefficient (Wildman–Crippen LogP) is 6.76. The Balaban J connectivity index is 1.33. The van der Waals surface area contributed by atoms with E-state index < -0.39 is 28.3 Å². The summed E-state index contributed by atoms with van der Waals surface area (Å²) in [5.74, 6) is 1.85. The van der Waals surface area contributed by atoms with Crippen LogP contribution < -0.4 is 34.0 Å². The van der Waals surface area contributed by atoms with Crippen molar-refractivity contribution in [2.24, 2.45) is 0 Å². The lowest BCUT2D eigenvalue weighted by molar-refractivity contribution is -0.0382. The highest BCUT2D eigenvalue weighted by molar-refractivity contribution is 7.93. The molecule has 2 aliphatic rings. The number of ether oxygens (including phenoxy) is 5. The molecule has 2 fully saturated rings. The highest BCUT2D eigenvalue weighted by Crippen LogP contribution is 2.43. The van der Waals surface area contributed by atoms with Crippen LogP contribution in [0, 0.1) is 0 Å². The number of rotatable bonds is 14. The second kappa shape index (κ2) is 15.8. The van der Waals surface area contributed by atoms with Crippen molar-refractivity contribution in [3.63, 3.8) is 0 Å². The van der Waals surface area contributed by atoms with Crippen molar-refractivity contribution in [1.29, 1.82) is 0 Å². The van der Waals surface area contributed by atoms with Gasteiger partial charge in [-0.15, -0.1) is 0 Å². The fraction of sp³-hybridized carbons (Fsp3) is 0.450. The Labute approximate surface area is 333 Å². The average Bonchev–Trinajstić information content (AvgIpc) is 3.88. The Hall–Kier alpha value is -4.97. The molecule has 57 heavy (non-hydrogen) atoms. The predicted molar refractivity (Wildman–Crippen MR) is 216 cm³/mol. The van der Waals surface area contributed by atoms with Gasteiger partial charge in [0, 0.05) is 18.7 Å². The van der Waals surface area contributed by atoms with Crippen molar-refractivity contribution in [2.45, 2.75) is 89.2 Å². The minimum atomic E-state index is -4.53.